The lowest BCUT2D eigenvalue weighted by atomic mass is 9.97. The van der Waals surface area contributed by atoms with Gasteiger partial charge in [-0.3, -0.25) is 4.99 Å². The molecule has 1 aliphatic heterocycles. The lowest BCUT2D eigenvalue weighted by molar-refractivity contribution is 0.857. The van der Waals surface area contributed by atoms with Gasteiger partial charge in [0, 0.05) is 12.2 Å². The molecule has 0 spiro atoms. The van der Waals surface area contributed by atoms with Crippen molar-refractivity contribution in [2.75, 3.05) is 18.4 Å². The average Bonchev–Trinajstić information content (AvgIpc) is 2.73. The van der Waals surface area contributed by atoms with Crippen LogP contribution in [0.3, 0.4) is 0 Å². The summed E-state index contributed by atoms with van der Waals surface area (Å²) in [6.07, 6.45) is 0. The fourth-order valence-electron chi connectivity index (χ4n) is 2.02. The van der Waals surface area contributed by atoms with E-state index in [9.17, 15) is 0 Å². The molecular weight excluding hydrogens is 198 g/mol. The number of benzene rings is 1. The van der Waals surface area contributed by atoms with E-state index in [0.29, 0.717) is 5.92 Å². The first-order valence-electron chi connectivity index (χ1n) is 5.83. The van der Waals surface area contributed by atoms with E-state index in [4.69, 9.17) is 0 Å². The quantitative estimate of drug-likeness (QED) is 0.798. The number of nitrogens with zero attached hydrogens (tertiary/aromatic N) is 1. The molecule has 0 unspecified atom stereocenters. The highest BCUT2D eigenvalue weighted by Gasteiger charge is 2.10. The van der Waals surface area contributed by atoms with Crippen molar-refractivity contribution in [1.29, 1.82) is 0 Å². The maximum absolute atomic E-state index is 4.34. The van der Waals surface area contributed by atoms with E-state index in [-0.39, 0.29) is 0 Å². The van der Waals surface area contributed by atoms with Crippen LogP contribution < -0.4 is 10.6 Å². The summed E-state index contributed by atoms with van der Waals surface area (Å²) >= 11 is 0. The Labute approximate surface area is 97.0 Å². The van der Waals surface area contributed by atoms with E-state index in [2.05, 4.69) is 54.6 Å². The van der Waals surface area contributed by atoms with E-state index in [1.165, 1.54) is 11.1 Å². The highest BCUT2D eigenvalue weighted by molar-refractivity contribution is 5.95. The van der Waals surface area contributed by atoms with Crippen molar-refractivity contribution in [1.82, 2.24) is 5.32 Å². The average molecular weight is 217 g/mol. The van der Waals surface area contributed by atoms with Crippen LogP contribution in [0.4, 0.5) is 5.69 Å². The third kappa shape index (κ3) is 2.18. The smallest absolute Gasteiger partial charge is 0.195 e. The van der Waals surface area contributed by atoms with Gasteiger partial charge in [-0.1, -0.05) is 26.0 Å². The van der Waals surface area contributed by atoms with Gasteiger partial charge in [-0.2, -0.15) is 0 Å². The van der Waals surface area contributed by atoms with Crippen molar-refractivity contribution >= 4 is 11.6 Å². The molecular formula is C13H19N3. The number of hydrogen-bond acceptors (Lipinski definition) is 3. The van der Waals surface area contributed by atoms with E-state index < -0.39 is 0 Å². The minimum absolute atomic E-state index is 0.556. The summed E-state index contributed by atoms with van der Waals surface area (Å²) in [4.78, 5) is 4.34. The van der Waals surface area contributed by atoms with Crippen molar-refractivity contribution < 1.29 is 0 Å². The van der Waals surface area contributed by atoms with Crippen LogP contribution >= 0.6 is 0 Å². The number of anilines is 1. The molecule has 0 fully saturated rings. The minimum Gasteiger partial charge on any atom is -0.354 e. The first-order valence-corrected chi connectivity index (χ1v) is 5.83. The van der Waals surface area contributed by atoms with Gasteiger partial charge in [-0.15, -0.1) is 0 Å². The van der Waals surface area contributed by atoms with Crippen LogP contribution in [0.5, 0.6) is 0 Å². The molecule has 3 nitrogen and oxygen atoms in total. The number of nitrogens with one attached hydrogen (secondary N) is 2. The zero-order chi connectivity index (χ0) is 11.5. The summed E-state index contributed by atoms with van der Waals surface area (Å²) in [5.74, 6) is 1.45. The third-order valence-corrected chi connectivity index (χ3v) is 2.92. The Morgan fingerprint density at radius 1 is 1.38 bits per heavy atom. The van der Waals surface area contributed by atoms with Gasteiger partial charge in [-0.25, -0.2) is 0 Å². The van der Waals surface area contributed by atoms with Gasteiger partial charge in [0.1, 0.15) is 0 Å². The van der Waals surface area contributed by atoms with Crippen molar-refractivity contribution in [3.63, 3.8) is 0 Å². The van der Waals surface area contributed by atoms with Crippen molar-refractivity contribution in [2.24, 2.45) is 4.99 Å². The summed E-state index contributed by atoms with van der Waals surface area (Å²) in [7, 11) is 0. The maximum atomic E-state index is 4.34. The molecule has 1 aromatic carbocycles. The Kier molecular flexibility index (Phi) is 3.13. The fourth-order valence-corrected chi connectivity index (χ4v) is 2.02. The second-order valence-corrected chi connectivity index (χ2v) is 4.46. The van der Waals surface area contributed by atoms with Crippen LogP contribution in [0, 0.1) is 6.92 Å². The highest BCUT2D eigenvalue weighted by atomic mass is 15.2. The molecule has 0 bridgehead atoms. The normalized spacial score (nSPS) is 14.9. The van der Waals surface area contributed by atoms with E-state index in [1.54, 1.807) is 0 Å². The zero-order valence-electron chi connectivity index (χ0n) is 10.2. The lowest BCUT2D eigenvalue weighted by Gasteiger charge is -2.15. The molecule has 2 N–H and O–H groups in total. The Bertz CT molecular complexity index is 408. The Balaban J connectivity index is 2.23. The van der Waals surface area contributed by atoms with Gasteiger partial charge in [0.2, 0.25) is 0 Å². The molecule has 0 aliphatic carbocycles. The standard InChI is InChI=1S/C13H19N3/c1-9(2)11-5-4-6-12(10(11)3)16-13-14-7-8-15-13/h4-6,9H,7-8H2,1-3H3,(H2,14,15,16). The lowest BCUT2D eigenvalue weighted by Crippen LogP contribution is -2.26. The molecule has 1 aromatic rings. The molecule has 0 radical (unpaired) electrons. The van der Waals surface area contributed by atoms with Gasteiger partial charge in [-0.05, 0) is 30.0 Å². The van der Waals surface area contributed by atoms with E-state index >= 15 is 0 Å². The van der Waals surface area contributed by atoms with Crippen molar-refractivity contribution in [3.05, 3.63) is 29.3 Å². The maximum Gasteiger partial charge on any atom is 0.195 e. The summed E-state index contributed by atoms with van der Waals surface area (Å²) in [5, 5.41) is 6.56. The van der Waals surface area contributed by atoms with Crippen LogP contribution in [0.15, 0.2) is 23.2 Å². The number of hydrogen-bond donors (Lipinski definition) is 2. The van der Waals surface area contributed by atoms with Crippen LogP contribution in [0.1, 0.15) is 30.9 Å². The molecule has 1 heterocycles. The number of guanidine groups is 1. The molecule has 0 saturated heterocycles. The zero-order valence-corrected chi connectivity index (χ0v) is 10.2. The molecule has 1 aliphatic rings. The van der Waals surface area contributed by atoms with Gasteiger partial charge >= 0.3 is 0 Å². The van der Waals surface area contributed by atoms with Crippen LogP contribution in [0.25, 0.3) is 0 Å². The molecule has 0 atom stereocenters. The molecule has 86 valence electrons. The fraction of sp³-hybridized carbons (Fsp3) is 0.462. The summed E-state index contributed by atoms with van der Waals surface area (Å²) in [5.41, 5.74) is 3.86. The van der Waals surface area contributed by atoms with E-state index in [1.807, 2.05) is 0 Å². The highest BCUT2D eigenvalue weighted by Crippen LogP contribution is 2.25. The molecule has 3 heteroatoms. The van der Waals surface area contributed by atoms with Crippen LogP contribution in [0.2, 0.25) is 0 Å². The third-order valence-electron chi connectivity index (χ3n) is 2.92. The molecule has 16 heavy (non-hydrogen) atoms. The van der Waals surface area contributed by atoms with E-state index in [0.717, 1.165) is 24.7 Å². The molecule has 0 aromatic heterocycles. The second kappa shape index (κ2) is 4.56. The Morgan fingerprint density at radius 2 is 2.19 bits per heavy atom. The van der Waals surface area contributed by atoms with Crippen molar-refractivity contribution in [3.8, 4) is 0 Å². The predicted molar refractivity (Wildman–Crippen MR) is 69.2 cm³/mol. The predicted octanol–water partition coefficient (Wildman–Crippen LogP) is 2.49. The second-order valence-electron chi connectivity index (χ2n) is 4.46. The van der Waals surface area contributed by atoms with Gasteiger partial charge in [0.15, 0.2) is 5.96 Å². The number of rotatable bonds is 2. The molecule has 2 rings (SSSR count). The van der Waals surface area contributed by atoms with Gasteiger partial charge in [0.25, 0.3) is 0 Å². The topological polar surface area (TPSA) is 36.4 Å². The van der Waals surface area contributed by atoms with Crippen molar-refractivity contribution in [2.45, 2.75) is 26.7 Å². The number of aliphatic imine (C=N–C) groups is 1. The Hall–Kier alpha value is -1.51. The van der Waals surface area contributed by atoms with Crippen LogP contribution in [-0.4, -0.2) is 19.0 Å². The molecule has 0 amide bonds. The monoisotopic (exact) mass is 217 g/mol. The van der Waals surface area contributed by atoms with Gasteiger partial charge < -0.3 is 10.6 Å². The minimum atomic E-state index is 0.556. The molecule has 0 saturated carbocycles. The Morgan fingerprint density at radius 3 is 2.81 bits per heavy atom. The first-order chi connectivity index (χ1) is 7.68. The summed E-state index contributed by atoms with van der Waals surface area (Å²) < 4.78 is 0. The summed E-state index contributed by atoms with van der Waals surface area (Å²) in [6.45, 7) is 8.40. The van der Waals surface area contributed by atoms with Crippen LogP contribution in [-0.2, 0) is 0 Å². The first kappa shape index (κ1) is 11.0. The van der Waals surface area contributed by atoms with Gasteiger partial charge in [0.05, 0.1) is 6.54 Å². The largest absolute Gasteiger partial charge is 0.354 e. The SMILES string of the molecule is Cc1c(NC2=NCCN2)cccc1C(C)C. The summed E-state index contributed by atoms with van der Waals surface area (Å²) in [6, 6.07) is 6.39.